The number of methoxy groups -OCH3 is 1. The van der Waals surface area contributed by atoms with Gasteiger partial charge in [-0.15, -0.1) is 0 Å². The Kier molecular flexibility index (Phi) is 4.29. The fourth-order valence-corrected chi connectivity index (χ4v) is 3.36. The van der Waals surface area contributed by atoms with Crippen LogP contribution < -0.4 is 10.1 Å². The first-order valence-corrected chi connectivity index (χ1v) is 7.04. The van der Waals surface area contributed by atoms with Crippen LogP contribution in [0.1, 0.15) is 25.3 Å². The van der Waals surface area contributed by atoms with Crippen molar-refractivity contribution in [1.82, 2.24) is 10.3 Å². The molecule has 1 aliphatic heterocycles. The Labute approximate surface area is 107 Å². The summed E-state index contributed by atoms with van der Waals surface area (Å²) in [4.78, 5) is 4.20. The van der Waals surface area contributed by atoms with Crippen molar-refractivity contribution in [2.24, 2.45) is 0 Å². The Morgan fingerprint density at radius 3 is 3.00 bits per heavy atom. The van der Waals surface area contributed by atoms with Gasteiger partial charge in [0.25, 0.3) is 0 Å². The van der Waals surface area contributed by atoms with Crippen molar-refractivity contribution in [3.8, 4) is 5.88 Å². The maximum absolute atomic E-state index is 5.04. The predicted octanol–water partition coefficient (Wildman–Crippen LogP) is 2.47. The number of rotatable bonds is 5. The van der Waals surface area contributed by atoms with Crippen molar-refractivity contribution < 1.29 is 4.74 Å². The van der Waals surface area contributed by atoms with E-state index in [0.717, 1.165) is 13.1 Å². The first-order chi connectivity index (χ1) is 8.22. The molecule has 17 heavy (non-hydrogen) atoms. The Balaban J connectivity index is 1.77. The van der Waals surface area contributed by atoms with Gasteiger partial charge >= 0.3 is 0 Å². The molecule has 1 unspecified atom stereocenters. The number of pyridine rings is 1. The molecular formula is C13H20N2OS. The van der Waals surface area contributed by atoms with Crippen molar-refractivity contribution >= 4 is 11.8 Å². The van der Waals surface area contributed by atoms with Gasteiger partial charge in [0, 0.05) is 30.1 Å². The van der Waals surface area contributed by atoms with Gasteiger partial charge in [-0.25, -0.2) is 4.98 Å². The zero-order chi connectivity index (χ0) is 12.1. The number of thioether (sulfide) groups is 1. The normalized spacial score (nSPS) is 23.9. The van der Waals surface area contributed by atoms with Crippen LogP contribution in [0, 0.1) is 0 Å². The average molecular weight is 252 g/mol. The minimum atomic E-state index is 0.430. The smallest absolute Gasteiger partial charge is 0.212 e. The standard InChI is InChI=1S/C13H20N2OS/c1-13(6-3-7-17-13)10-14-8-11-4-5-12(16-2)15-9-11/h4-5,9,14H,3,6-8,10H2,1-2H3. The second kappa shape index (κ2) is 5.74. The molecule has 94 valence electrons. The average Bonchev–Trinajstić information content (AvgIpc) is 2.77. The lowest BCUT2D eigenvalue weighted by Crippen LogP contribution is -2.32. The van der Waals surface area contributed by atoms with Gasteiger partial charge < -0.3 is 10.1 Å². The molecule has 1 saturated heterocycles. The van der Waals surface area contributed by atoms with E-state index >= 15 is 0 Å². The molecule has 1 aromatic rings. The number of ether oxygens (including phenoxy) is 1. The highest BCUT2D eigenvalue weighted by molar-refractivity contribution is 8.00. The van der Waals surface area contributed by atoms with Gasteiger partial charge in [-0.05, 0) is 31.1 Å². The Hall–Kier alpha value is -0.740. The van der Waals surface area contributed by atoms with E-state index < -0.39 is 0 Å². The van der Waals surface area contributed by atoms with Crippen LogP contribution in [0.4, 0.5) is 0 Å². The molecular weight excluding hydrogens is 232 g/mol. The largest absolute Gasteiger partial charge is 0.481 e. The van der Waals surface area contributed by atoms with Crippen molar-refractivity contribution in [2.75, 3.05) is 19.4 Å². The molecule has 2 rings (SSSR count). The third-order valence-electron chi connectivity index (χ3n) is 3.14. The van der Waals surface area contributed by atoms with E-state index in [-0.39, 0.29) is 0 Å². The number of nitrogens with one attached hydrogen (secondary N) is 1. The van der Waals surface area contributed by atoms with Gasteiger partial charge in [0.2, 0.25) is 5.88 Å². The highest BCUT2D eigenvalue weighted by Gasteiger charge is 2.28. The van der Waals surface area contributed by atoms with Crippen LogP contribution in [0.3, 0.4) is 0 Å². The second-order valence-electron chi connectivity index (χ2n) is 4.71. The zero-order valence-electron chi connectivity index (χ0n) is 10.5. The maximum Gasteiger partial charge on any atom is 0.212 e. The molecule has 2 heterocycles. The van der Waals surface area contributed by atoms with Gasteiger partial charge in [0.05, 0.1) is 7.11 Å². The van der Waals surface area contributed by atoms with Crippen LogP contribution in [-0.4, -0.2) is 29.1 Å². The summed E-state index contributed by atoms with van der Waals surface area (Å²) in [6, 6.07) is 3.96. The minimum absolute atomic E-state index is 0.430. The SMILES string of the molecule is COc1ccc(CNCC2(C)CCCS2)cn1. The van der Waals surface area contributed by atoms with E-state index in [1.54, 1.807) is 7.11 Å². The minimum Gasteiger partial charge on any atom is -0.481 e. The molecule has 0 aliphatic carbocycles. The molecule has 0 radical (unpaired) electrons. The molecule has 0 bridgehead atoms. The number of hydrogen-bond donors (Lipinski definition) is 1. The number of hydrogen-bond acceptors (Lipinski definition) is 4. The van der Waals surface area contributed by atoms with Gasteiger partial charge in [-0.3, -0.25) is 0 Å². The molecule has 1 aliphatic rings. The molecule has 1 N–H and O–H groups in total. The fourth-order valence-electron chi connectivity index (χ4n) is 2.08. The molecule has 3 nitrogen and oxygen atoms in total. The van der Waals surface area contributed by atoms with E-state index in [2.05, 4.69) is 35.1 Å². The van der Waals surface area contributed by atoms with Crippen LogP contribution >= 0.6 is 11.8 Å². The van der Waals surface area contributed by atoms with Crippen LogP contribution in [-0.2, 0) is 6.54 Å². The van der Waals surface area contributed by atoms with Crippen molar-refractivity contribution in [2.45, 2.75) is 31.1 Å². The second-order valence-corrected chi connectivity index (χ2v) is 6.40. The lowest BCUT2D eigenvalue weighted by molar-refractivity contribution is 0.397. The lowest BCUT2D eigenvalue weighted by atomic mass is 10.1. The molecule has 1 atom stereocenters. The summed E-state index contributed by atoms with van der Waals surface area (Å²) in [5, 5.41) is 3.52. The summed E-state index contributed by atoms with van der Waals surface area (Å²) in [6.45, 7) is 4.31. The topological polar surface area (TPSA) is 34.1 Å². The molecule has 4 heteroatoms. The summed E-state index contributed by atoms with van der Waals surface area (Å²) < 4.78 is 5.47. The first kappa shape index (κ1) is 12.7. The third kappa shape index (κ3) is 3.61. The fraction of sp³-hybridized carbons (Fsp3) is 0.615. The van der Waals surface area contributed by atoms with Crippen LogP contribution in [0.15, 0.2) is 18.3 Å². The summed E-state index contributed by atoms with van der Waals surface area (Å²) in [6.07, 6.45) is 4.55. The third-order valence-corrected chi connectivity index (χ3v) is 4.67. The lowest BCUT2D eigenvalue weighted by Gasteiger charge is -2.22. The summed E-state index contributed by atoms with van der Waals surface area (Å²) in [5.41, 5.74) is 1.21. The molecule has 1 fully saturated rings. The monoisotopic (exact) mass is 252 g/mol. The molecule has 0 spiro atoms. The van der Waals surface area contributed by atoms with Crippen molar-refractivity contribution in [3.63, 3.8) is 0 Å². The predicted molar refractivity (Wildman–Crippen MR) is 72.6 cm³/mol. The van der Waals surface area contributed by atoms with Gasteiger partial charge in [0.15, 0.2) is 0 Å². The molecule has 0 amide bonds. The van der Waals surface area contributed by atoms with Gasteiger partial charge in [-0.2, -0.15) is 11.8 Å². The summed E-state index contributed by atoms with van der Waals surface area (Å²) in [5.74, 6) is 1.98. The number of aromatic nitrogens is 1. The maximum atomic E-state index is 5.04. The van der Waals surface area contributed by atoms with E-state index in [1.165, 1.54) is 24.2 Å². The molecule has 0 saturated carbocycles. The van der Waals surface area contributed by atoms with Crippen LogP contribution in [0.25, 0.3) is 0 Å². The molecule has 1 aromatic heterocycles. The van der Waals surface area contributed by atoms with Crippen molar-refractivity contribution in [3.05, 3.63) is 23.9 Å². The van der Waals surface area contributed by atoms with Crippen LogP contribution in [0.2, 0.25) is 0 Å². The van der Waals surface area contributed by atoms with E-state index in [4.69, 9.17) is 4.74 Å². The quantitative estimate of drug-likeness (QED) is 0.873. The highest BCUT2D eigenvalue weighted by atomic mass is 32.2. The van der Waals surface area contributed by atoms with E-state index in [1.807, 2.05) is 12.3 Å². The Morgan fingerprint density at radius 1 is 1.53 bits per heavy atom. The van der Waals surface area contributed by atoms with Gasteiger partial charge in [0.1, 0.15) is 0 Å². The zero-order valence-corrected chi connectivity index (χ0v) is 11.3. The molecule has 0 aromatic carbocycles. The summed E-state index contributed by atoms with van der Waals surface area (Å²) >= 11 is 2.09. The Bertz CT molecular complexity index is 347. The van der Waals surface area contributed by atoms with Crippen molar-refractivity contribution in [1.29, 1.82) is 0 Å². The summed E-state index contributed by atoms with van der Waals surface area (Å²) in [7, 11) is 1.64. The number of nitrogens with zero attached hydrogens (tertiary/aromatic N) is 1. The van der Waals surface area contributed by atoms with Gasteiger partial charge in [-0.1, -0.05) is 6.07 Å². The Morgan fingerprint density at radius 2 is 2.41 bits per heavy atom. The van der Waals surface area contributed by atoms with E-state index in [9.17, 15) is 0 Å². The van der Waals surface area contributed by atoms with E-state index in [0.29, 0.717) is 10.6 Å². The first-order valence-electron chi connectivity index (χ1n) is 6.05. The van der Waals surface area contributed by atoms with Crippen LogP contribution in [0.5, 0.6) is 5.88 Å². The highest BCUT2D eigenvalue weighted by Crippen LogP contribution is 2.36.